The van der Waals surface area contributed by atoms with Crippen LogP contribution in [-0.2, 0) is 11.3 Å². The van der Waals surface area contributed by atoms with Crippen LogP contribution in [0.3, 0.4) is 0 Å². The minimum Gasteiger partial charge on any atom is -0.338 e. The first kappa shape index (κ1) is 18.4. The van der Waals surface area contributed by atoms with Gasteiger partial charge in [0.05, 0.1) is 16.4 Å². The van der Waals surface area contributed by atoms with Gasteiger partial charge in [0, 0.05) is 37.7 Å². The lowest BCUT2D eigenvalue weighted by Crippen LogP contribution is -2.50. The second-order valence-corrected chi connectivity index (χ2v) is 7.65. The van der Waals surface area contributed by atoms with E-state index in [0.717, 1.165) is 53.5 Å². The van der Waals surface area contributed by atoms with E-state index in [1.54, 1.807) is 10.9 Å². The highest BCUT2D eigenvalue weighted by Crippen LogP contribution is 2.21. The molecule has 1 aliphatic heterocycles. The lowest BCUT2D eigenvalue weighted by Gasteiger charge is -2.36. The van der Waals surface area contributed by atoms with E-state index in [-0.39, 0.29) is 11.9 Å². The van der Waals surface area contributed by atoms with E-state index in [1.165, 1.54) is 0 Å². The zero-order chi connectivity index (χ0) is 18.0. The van der Waals surface area contributed by atoms with Crippen LogP contribution in [-0.4, -0.2) is 51.7 Å². The number of carbonyl (C=O) groups excluding carboxylic acids is 1. The van der Waals surface area contributed by atoms with Gasteiger partial charge in [0.1, 0.15) is 6.04 Å². The van der Waals surface area contributed by atoms with Crippen molar-refractivity contribution in [2.24, 2.45) is 0 Å². The molecule has 1 aromatic heterocycles. The van der Waals surface area contributed by atoms with E-state index in [9.17, 15) is 4.79 Å². The molecule has 7 heteroatoms. The van der Waals surface area contributed by atoms with Gasteiger partial charge in [0.15, 0.2) is 0 Å². The van der Waals surface area contributed by atoms with Crippen LogP contribution in [0.15, 0.2) is 34.9 Å². The smallest absolute Gasteiger partial charge is 0.247 e. The molecule has 2 aromatic rings. The fourth-order valence-electron chi connectivity index (χ4n) is 3.16. The molecule has 0 saturated carbocycles. The molecule has 3 rings (SSSR count). The fraction of sp³-hybridized carbons (Fsp3) is 0.444. The average molecular weight is 426 g/mol. The first-order chi connectivity index (χ1) is 12.0. The maximum absolute atomic E-state index is 12.8. The summed E-state index contributed by atoms with van der Waals surface area (Å²) in [6.07, 6.45) is 1.74. The molecular formula is C18H22BrClN4O. The molecule has 0 radical (unpaired) electrons. The number of halogens is 2. The van der Waals surface area contributed by atoms with E-state index in [0.29, 0.717) is 0 Å². The molecule has 1 aliphatic rings. The maximum Gasteiger partial charge on any atom is 0.247 e. The summed E-state index contributed by atoms with van der Waals surface area (Å²) in [5.74, 6) is 0.121. The molecule has 25 heavy (non-hydrogen) atoms. The van der Waals surface area contributed by atoms with Crippen molar-refractivity contribution in [1.29, 1.82) is 0 Å². The minimum absolute atomic E-state index is 0.121. The Morgan fingerprint density at radius 2 is 1.96 bits per heavy atom. The Kier molecular flexibility index (Phi) is 5.81. The topological polar surface area (TPSA) is 41.4 Å². The molecule has 2 heterocycles. The molecule has 5 nitrogen and oxygen atoms in total. The molecule has 1 atom stereocenters. The van der Waals surface area contributed by atoms with E-state index in [1.807, 2.05) is 36.9 Å². The number of hydrogen-bond donors (Lipinski definition) is 0. The van der Waals surface area contributed by atoms with Gasteiger partial charge in [0.25, 0.3) is 0 Å². The number of carbonyl (C=O) groups is 1. The van der Waals surface area contributed by atoms with Crippen LogP contribution in [0, 0.1) is 6.92 Å². The first-order valence-corrected chi connectivity index (χ1v) is 9.58. The van der Waals surface area contributed by atoms with Crippen LogP contribution >= 0.6 is 27.5 Å². The van der Waals surface area contributed by atoms with E-state index < -0.39 is 0 Å². The number of nitrogens with zero attached hydrogens (tertiary/aromatic N) is 4. The maximum atomic E-state index is 12.8. The number of aromatic nitrogens is 2. The van der Waals surface area contributed by atoms with Gasteiger partial charge in [-0.3, -0.25) is 14.4 Å². The molecule has 0 spiro atoms. The van der Waals surface area contributed by atoms with Crippen molar-refractivity contribution in [1.82, 2.24) is 19.6 Å². The van der Waals surface area contributed by atoms with Gasteiger partial charge in [-0.1, -0.05) is 29.8 Å². The van der Waals surface area contributed by atoms with Gasteiger partial charge < -0.3 is 4.90 Å². The van der Waals surface area contributed by atoms with Gasteiger partial charge in [0.2, 0.25) is 5.91 Å². The molecule has 134 valence electrons. The van der Waals surface area contributed by atoms with Crippen LogP contribution in [0.2, 0.25) is 5.02 Å². The zero-order valence-corrected chi connectivity index (χ0v) is 16.8. The third kappa shape index (κ3) is 4.07. The van der Waals surface area contributed by atoms with Crippen molar-refractivity contribution >= 4 is 33.4 Å². The Morgan fingerprint density at radius 1 is 1.28 bits per heavy atom. The Labute approximate surface area is 161 Å². The normalized spacial score (nSPS) is 16.9. The molecule has 0 bridgehead atoms. The largest absolute Gasteiger partial charge is 0.338 e. The van der Waals surface area contributed by atoms with E-state index in [4.69, 9.17) is 11.6 Å². The molecule has 1 fully saturated rings. The third-order valence-corrected chi connectivity index (χ3v) is 5.89. The summed E-state index contributed by atoms with van der Waals surface area (Å²) in [6, 6.07) is 7.64. The summed E-state index contributed by atoms with van der Waals surface area (Å²) < 4.78 is 2.71. The number of amides is 1. The molecule has 1 unspecified atom stereocenters. The fourth-order valence-corrected chi connectivity index (χ4v) is 3.62. The highest BCUT2D eigenvalue weighted by Gasteiger charge is 2.27. The average Bonchev–Trinajstić information content (AvgIpc) is 2.95. The summed E-state index contributed by atoms with van der Waals surface area (Å²) in [6.45, 7) is 7.86. The molecule has 1 aromatic carbocycles. The van der Waals surface area contributed by atoms with Crippen molar-refractivity contribution in [3.05, 3.63) is 51.2 Å². The van der Waals surface area contributed by atoms with Crippen molar-refractivity contribution in [3.63, 3.8) is 0 Å². The van der Waals surface area contributed by atoms with Gasteiger partial charge in [-0.15, -0.1) is 0 Å². The highest BCUT2D eigenvalue weighted by molar-refractivity contribution is 9.10. The second kappa shape index (κ2) is 7.89. The van der Waals surface area contributed by atoms with Crippen LogP contribution in [0.25, 0.3) is 0 Å². The first-order valence-electron chi connectivity index (χ1n) is 8.41. The summed E-state index contributed by atoms with van der Waals surface area (Å²) in [5.41, 5.74) is 2.10. The van der Waals surface area contributed by atoms with Crippen LogP contribution in [0.5, 0.6) is 0 Å². The Bertz CT molecular complexity index is 755. The highest BCUT2D eigenvalue weighted by atomic mass is 79.9. The van der Waals surface area contributed by atoms with Gasteiger partial charge >= 0.3 is 0 Å². The second-order valence-electron chi connectivity index (χ2n) is 6.39. The Morgan fingerprint density at radius 3 is 2.56 bits per heavy atom. The quantitative estimate of drug-likeness (QED) is 0.753. The molecular weight excluding hydrogens is 404 g/mol. The lowest BCUT2D eigenvalue weighted by atomic mass is 10.2. The third-order valence-electron chi connectivity index (χ3n) is 4.74. The molecule has 0 N–H and O–H groups in total. The molecule has 0 aliphatic carbocycles. The summed E-state index contributed by atoms with van der Waals surface area (Å²) in [7, 11) is 0. The SMILES string of the molecule is Cc1c(Br)cnn1C(C)C(=O)N1CCN(Cc2ccccc2Cl)CC1. The summed E-state index contributed by atoms with van der Waals surface area (Å²) in [5, 5.41) is 5.11. The Balaban J connectivity index is 1.57. The number of benzene rings is 1. The summed E-state index contributed by atoms with van der Waals surface area (Å²) >= 11 is 9.69. The predicted octanol–water partition coefficient (Wildman–Crippen LogP) is 3.51. The van der Waals surface area contributed by atoms with Gasteiger partial charge in [-0.05, 0) is 41.4 Å². The van der Waals surface area contributed by atoms with E-state index in [2.05, 4.69) is 32.0 Å². The lowest BCUT2D eigenvalue weighted by molar-refractivity contribution is -0.136. The zero-order valence-electron chi connectivity index (χ0n) is 14.5. The van der Waals surface area contributed by atoms with E-state index >= 15 is 0 Å². The number of piperazine rings is 1. The van der Waals surface area contributed by atoms with Crippen molar-refractivity contribution in [3.8, 4) is 0 Å². The van der Waals surface area contributed by atoms with Gasteiger partial charge in [-0.2, -0.15) is 5.10 Å². The van der Waals surface area contributed by atoms with Gasteiger partial charge in [-0.25, -0.2) is 0 Å². The van der Waals surface area contributed by atoms with Crippen molar-refractivity contribution in [2.45, 2.75) is 26.4 Å². The standard InChI is InChI=1S/C18H22BrClN4O/c1-13-16(19)11-21-24(13)14(2)18(25)23-9-7-22(8-10-23)12-15-5-3-4-6-17(15)20/h3-6,11,14H,7-10,12H2,1-2H3. The monoisotopic (exact) mass is 424 g/mol. The van der Waals surface area contributed by atoms with Crippen LogP contribution in [0.1, 0.15) is 24.2 Å². The van der Waals surface area contributed by atoms with Crippen molar-refractivity contribution in [2.75, 3.05) is 26.2 Å². The summed E-state index contributed by atoms with van der Waals surface area (Å²) in [4.78, 5) is 17.1. The predicted molar refractivity (Wildman–Crippen MR) is 103 cm³/mol. The Hall–Kier alpha value is -1.37. The molecule has 1 amide bonds. The van der Waals surface area contributed by atoms with Crippen molar-refractivity contribution < 1.29 is 4.79 Å². The number of hydrogen-bond acceptors (Lipinski definition) is 3. The van der Waals surface area contributed by atoms with Crippen LogP contribution < -0.4 is 0 Å². The molecule has 1 saturated heterocycles. The van der Waals surface area contributed by atoms with Crippen LogP contribution in [0.4, 0.5) is 0 Å². The minimum atomic E-state index is -0.290. The number of rotatable bonds is 4.